The van der Waals surface area contributed by atoms with Gasteiger partial charge in [-0.15, -0.1) is 0 Å². The summed E-state index contributed by atoms with van der Waals surface area (Å²) in [6.07, 6.45) is -4.75. The number of ether oxygens (including phenoxy) is 1. The van der Waals surface area contributed by atoms with Gasteiger partial charge in [-0.2, -0.15) is 18.3 Å². The Morgan fingerprint density at radius 2 is 2.05 bits per heavy atom. The summed E-state index contributed by atoms with van der Waals surface area (Å²) in [5, 5.41) is 4.08. The number of halogens is 3. The quantitative estimate of drug-likeness (QED) is 0.789. The predicted molar refractivity (Wildman–Crippen MR) is 69.1 cm³/mol. The number of nitrogens with zero attached hydrogens (tertiary/aromatic N) is 3. The number of esters is 1. The van der Waals surface area contributed by atoms with Crippen molar-refractivity contribution in [1.29, 1.82) is 0 Å². The van der Waals surface area contributed by atoms with E-state index < -0.39 is 30.5 Å². The lowest BCUT2D eigenvalue weighted by molar-refractivity contribution is -0.157. The molecule has 2 heterocycles. The molecule has 1 fully saturated rings. The molecule has 0 unspecified atom stereocenters. The van der Waals surface area contributed by atoms with E-state index in [2.05, 4.69) is 5.10 Å². The second-order valence-electron chi connectivity index (χ2n) is 5.34. The summed E-state index contributed by atoms with van der Waals surface area (Å²) in [5.74, 6) is -2.01. The van der Waals surface area contributed by atoms with E-state index in [1.807, 2.05) is 0 Å². The van der Waals surface area contributed by atoms with Gasteiger partial charge in [0, 0.05) is 20.0 Å². The Kier molecular flexibility index (Phi) is 4.17. The fourth-order valence-corrected chi connectivity index (χ4v) is 2.39. The molecule has 0 N–H and O–H groups in total. The molecule has 1 aromatic rings. The first-order chi connectivity index (χ1) is 10.1. The van der Waals surface area contributed by atoms with Gasteiger partial charge in [-0.1, -0.05) is 0 Å². The molecule has 2 rings (SSSR count). The maximum Gasteiger partial charge on any atom is 0.406 e. The van der Waals surface area contributed by atoms with Gasteiger partial charge in [-0.25, -0.2) is 0 Å². The first-order valence-corrected chi connectivity index (χ1v) is 6.65. The minimum Gasteiger partial charge on any atom is -0.422 e. The van der Waals surface area contributed by atoms with Crippen molar-refractivity contribution in [2.75, 3.05) is 13.1 Å². The molecule has 0 aromatic carbocycles. The molecule has 1 saturated heterocycles. The monoisotopic (exact) mass is 319 g/mol. The van der Waals surface area contributed by atoms with E-state index in [1.165, 1.54) is 4.68 Å². The number of hydrogen-bond acceptors (Lipinski definition) is 4. The highest BCUT2D eigenvalue weighted by molar-refractivity contribution is 5.87. The van der Waals surface area contributed by atoms with E-state index in [-0.39, 0.29) is 18.7 Å². The van der Waals surface area contributed by atoms with Crippen LogP contribution in [0.4, 0.5) is 13.2 Å². The number of aromatic nitrogens is 2. The van der Waals surface area contributed by atoms with E-state index in [0.717, 1.165) is 0 Å². The zero-order valence-electron chi connectivity index (χ0n) is 12.4. The highest BCUT2D eigenvalue weighted by Gasteiger charge is 2.41. The average molecular weight is 319 g/mol. The molecule has 1 amide bonds. The van der Waals surface area contributed by atoms with Crippen molar-refractivity contribution in [3.05, 3.63) is 11.4 Å². The molecular formula is C13H16F3N3O3. The Balaban J connectivity index is 2.04. The first kappa shape index (κ1) is 16.3. The number of hydrogen-bond donors (Lipinski definition) is 0. The van der Waals surface area contributed by atoms with Crippen LogP contribution in [0.3, 0.4) is 0 Å². The molecule has 22 heavy (non-hydrogen) atoms. The van der Waals surface area contributed by atoms with E-state index in [1.54, 1.807) is 20.9 Å². The summed E-state index contributed by atoms with van der Waals surface area (Å²) >= 11 is 0. The molecule has 1 aliphatic heterocycles. The third-order valence-corrected chi connectivity index (χ3v) is 3.56. The highest BCUT2D eigenvalue weighted by Crippen LogP contribution is 2.27. The molecule has 0 bridgehead atoms. The molecule has 0 spiro atoms. The van der Waals surface area contributed by atoms with Crippen molar-refractivity contribution >= 4 is 11.9 Å². The molecule has 122 valence electrons. The molecule has 0 aliphatic carbocycles. The van der Waals surface area contributed by atoms with Crippen molar-refractivity contribution in [2.45, 2.75) is 26.4 Å². The van der Waals surface area contributed by atoms with Gasteiger partial charge in [0.2, 0.25) is 5.91 Å². The molecule has 1 atom stereocenters. The van der Waals surface area contributed by atoms with Crippen molar-refractivity contribution < 1.29 is 27.5 Å². The lowest BCUT2D eigenvalue weighted by Crippen LogP contribution is -2.36. The van der Waals surface area contributed by atoms with Gasteiger partial charge in [0.05, 0.1) is 11.6 Å². The number of aryl methyl sites for hydroxylation is 2. The Hall–Kier alpha value is -2.06. The number of likely N-dealkylation sites (tertiary alicyclic amines) is 1. The fraction of sp³-hybridized carbons (Fsp3) is 0.615. The van der Waals surface area contributed by atoms with Crippen molar-refractivity contribution in [1.82, 2.24) is 14.7 Å². The molecule has 0 saturated carbocycles. The predicted octanol–water partition coefficient (Wildman–Crippen LogP) is 1.35. The van der Waals surface area contributed by atoms with Gasteiger partial charge in [0.1, 0.15) is 12.2 Å². The zero-order valence-corrected chi connectivity index (χ0v) is 12.4. The fourth-order valence-electron chi connectivity index (χ4n) is 2.39. The summed E-state index contributed by atoms with van der Waals surface area (Å²) in [5.41, 5.74) is 1.13. The van der Waals surface area contributed by atoms with Crippen LogP contribution in [0.5, 0.6) is 5.75 Å². The standard InChI is InChI=1S/C13H16F3N3O3/c1-7-11(8(2)18(3)17-7)22-12(21)9-4-10(20)19(5-9)6-13(14,15)16/h9H,4-6H2,1-3H3/t9-/m1/s1. The average Bonchev–Trinajstić information content (AvgIpc) is 2.83. The Morgan fingerprint density at radius 3 is 2.55 bits per heavy atom. The van der Waals surface area contributed by atoms with Crippen LogP contribution < -0.4 is 4.74 Å². The Morgan fingerprint density at radius 1 is 1.41 bits per heavy atom. The van der Waals surface area contributed by atoms with E-state index in [4.69, 9.17) is 4.74 Å². The van der Waals surface area contributed by atoms with Gasteiger partial charge < -0.3 is 9.64 Å². The Labute approximate surface area is 124 Å². The molecule has 1 aromatic heterocycles. The van der Waals surface area contributed by atoms with Crippen LogP contribution in [0.25, 0.3) is 0 Å². The lowest BCUT2D eigenvalue weighted by Gasteiger charge is -2.18. The van der Waals surface area contributed by atoms with Gasteiger partial charge in [-0.3, -0.25) is 14.3 Å². The molecule has 6 nitrogen and oxygen atoms in total. The van der Waals surface area contributed by atoms with Gasteiger partial charge in [0.15, 0.2) is 5.75 Å². The summed E-state index contributed by atoms with van der Waals surface area (Å²) in [6.45, 7) is 1.74. The summed E-state index contributed by atoms with van der Waals surface area (Å²) in [4.78, 5) is 24.3. The van der Waals surface area contributed by atoms with E-state index >= 15 is 0 Å². The number of carbonyl (C=O) groups is 2. The molecule has 0 radical (unpaired) electrons. The Bertz CT molecular complexity index is 610. The number of carbonyl (C=O) groups excluding carboxylic acids is 2. The number of rotatable bonds is 3. The maximum atomic E-state index is 12.3. The van der Waals surface area contributed by atoms with Crippen LogP contribution in [0, 0.1) is 19.8 Å². The second kappa shape index (κ2) is 5.62. The van der Waals surface area contributed by atoms with Crippen LogP contribution in [-0.2, 0) is 16.6 Å². The smallest absolute Gasteiger partial charge is 0.406 e. The molecular weight excluding hydrogens is 303 g/mol. The minimum atomic E-state index is -4.48. The van der Waals surface area contributed by atoms with E-state index in [9.17, 15) is 22.8 Å². The molecule has 9 heteroatoms. The lowest BCUT2D eigenvalue weighted by atomic mass is 10.1. The van der Waals surface area contributed by atoms with Crippen LogP contribution in [0.2, 0.25) is 0 Å². The van der Waals surface area contributed by atoms with Crippen molar-refractivity contribution in [3.8, 4) is 5.75 Å². The topological polar surface area (TPSA) is 64.4 Å². The summed E-state index contributed by atoms with van der Waals surface area (Å²) in [6, 6.07) is 0. The minimum absolute atomic E-state index is 0.271. The van der Waals surface area contributed by atoms with Crippen LogP contribution in [0.1, 0.15) is 17.8 Å². The van der Waals surface area contributed by atoms with Gasteiger partial charge in [-0.05, 0) is 13.8 Å². The van der Waals surface area contributed by atoms with Crippen LogP contribution in [-0.4, -0.2) is 45.8 Å². The maximum absolute atomic E-state index is 12.3. The number of amides is 1. The first-order valence-electron chi connectivity index (χ1n) is 6.65. The third kappa shape index (κ3) is 3.40. The summed E-state index contributed by atoms with van der Waals surface area (Å²) in [7, 11) is 1.68. The van der Waals surface area contributed by atoms with Gasteiger partial charge >= 0.3 is 12.1 Å². The second-order valence-corrected chi connectivity index (χ2v) is 5.34. The van der Waals surface area contributed by atoms with Crippen molar-refractivity contribution in [3.63, 3.8) is 0 Å². The number of alkyl halides is 3. The third-order valence-electron chi connectivity index (χ3n) is 3.56. The van der Waals surface area contributed by atoms with Crippen LogP contribution in [0.15, 0.2) is 0 Å². The normalized spacial score (nSPS) is 18.9. The van der Waals surface area contributed by atoms with E-state index in [0.29, 0.717) is 16.3 Å². The molecule has 1 aliphatic rings. The SMILES string of the molecule is Cc1nn(C)c(C)c1OC(=O)[C@@H]1CC(=O)N(CC(F)(F)F)C1. The van der Waals surface area contributed by atoms with Gasteiger partial charge in [0.25, 0.3) is 0 Å². The zero-order chi connectivity index (χ0) is 16.7. The largest absolute Gasteiger partial charge is 0.422 e. The highest BCUT2D eigenvalue weighted by atomic mass is 19.4. The van der Waals surface area contributed by atoms with Crippen LogP contribution >= 0.6 is 0 Å². The van der Waals surface area contributed by atoms with Crippen molar-refractivity contribution in [2.24, 2.45) is 13.0 Å². The summed E-state index contributed by atoms with van der Waals surface area (Å²) < 4.78 is 43.8.